The normalized spacial score (nSPS) is 15.0. The molecular weight excluding hydrogens is 508 g/mol. The molecule has 0 saturated heterocycles. The lowest BCUT2D eigenvalue weighted by Crippen LogP contribution is -2.23. The predicted octanol–water partition coefficient (Wildman–Crippen LogP) is 4.85. The lowest BCUT2D eigenvalue weighted by molar-refractivity contribution is 0.0950. The SMILES string of the molecule is COc1ncc2cc1N[S+](O)c1cccc(c1)C(=O)NCc1cncc(c1)-c1ncnc3c(C)c-2sc13. The van der Waals surface area contributed by atoms with Crippen LogP contribution in [0.3, 0.4) is 0 Å². The average molecular weight is 530 g/mol. The number of nitrogens with one attached hydrogen (secondary N) is 2. The number of methoxy groups -OCH3 is 1. The fourth-order valence-corrected chi connectivity index (χ4v) is 6.41. The average Bonchev–Trinajstić information content (AvgIpc) is 3.28. The highest BCUT2D eigenvalue weighted by atomic mass is 32.2. The van der Waals surface area contributed by atoms with Gasteiger partial charge in [-0.15, -0.1) is 11.3 Å². The van der Waals surface area contributed by atoms with Crippen molar-refractivity contribution in [2.24, 2.45) is 0 Å². The van der Waals surface area contributed by atoms with Gasteiger partial charge in [-0.3, -0.25) is 9.78 Å². The molecule has 11 heteroatoms. The molecule has 3 N–H and O–H groups in total. The summed E-state index contributed by atoms with van der Waals surface area (Å²) in [7, 11) is 1.53. The number of nitrogens with zero attached hydrogens (tertiary/aromatic N) is 4. The van der Waals surface area contributed by atoms with Gasteiger partial charge in [-0.1, -0.05) is 6.07 Å². The Morgan fingerprint density at radius 2 is 1.95 bits per heavy atom. The first-order valence-corrected chi connectivity index (χ1v) is 13.3. The van der Waals surface area contributed by atoms with Crippen LogP contribution in [0.1, 0.15) is 21.5 Å². The van der Waals surface area contributed by atoms with Crippen LogP contribution in [-0.4, -0.2) is 37.5 Å². The van der Waals surface area contributed by atoms with Crippen LogP contribution in [-0.2, 0) is 17.9 Å². The van der Waals surface area contributed by atoms with Crippen LogP contribution in [0.4, 0.5) is 5.69 Å². The number of benzene rings is 1. The van der Waals surface area contributed by atoms with Crippen LogP contribution in [0.25, 0.3) is 31.9 Å². The van der Waals surface area contributed by atoms with E-state index in [4.69, 9.17) is 4.74 Å². The number of amides is 1. The highest BCUT2D eigenvalue weighted by Crippen LogP contribution is 2.42. The molecule has 1 aliphatic rings. The Kier molecular flexibility index (Phi) is 5.95. The Balaban J connectivity index is 1.57. The quantitative estimate of drug-likeness (QED) is 0.263. The molecule has 4 aromatic heterocycles. The van der Waals surface area contributed by atoms with E-state index >= 15 is 0 Å². The van der Waals surface area contributed by atoms with Gasteiger partial charge in [-0.25, -0.2) is 15.0 Å². The second-order valence-corrected chi connectivity index (χ2v) is 10.7. The van der Waals surface area contributed by atoms with Gasteiger partial charge < -0.3 is 10.1 Å². The summed E-state index contributed by atoms with van der Waals surface area (Å²) in [6, 6.07) is 10.8. The summed E-state index contributed by atoms with van der Waals surface area (Å²) >= 11 is 0.154. The number of thiophene rings is 1. The highest BCUT2D eigenvalue weighted by Gasteiger charge is 2.26. The maximum absolute atomic E-state index is 12.9. The zero-order valence-corrected chi connectivity index (χ0v) is 21.5. The number of ether oxygens (including phenoxy) is 1. The van der Waals surface area contributed by atoms with Crippen LogP contribution in [0.5, 0.6) is 5.88 Å². The van der Waals surface area contributed by atoms with E-state index in [9.17, 15) is 9.35 Å². The third kappa shape index (κ3) is 4.26. The number of aromatic nitrogens is 4. The molecule has 0 spiro atoms. The minimum atomic E-state index is -1.42. The highest BCUT2D eigenvalue weighted by molar-refractivity contribution is 7.92. The van der Waals surface area contributed by atoms with Crippen molar-refractivity contribution in [1.29, 1.82) is 0 Å². The molecular formula is C26H21N6O3S2+. The Morgan fingerprint density at radius 3 is 2.81 bits per heavy atom. The first-order valence-electron chi connectivity index (χ1n) is 11.3. The van der Waals surface area contributed by atoms with E-state index in [0.29, 0.717) is 28.6 Å². The minimum Gasteiger partial charge on any atom is -0.479 e. The first kappa shape index (κ1) is 23.3. The number of hydrogen-bond donors (Lipinski definition) is 3. The molecule has 1 aromatic carbocycles. The lowest BCUT2D eigenvalue weighted by atomic mass is 10.1. The number of anilines is 1. The van der Waals surface area contributed by atoms with Crippen molar-refractivity contribution in [2.75, 3.05) is 11.8 Å². The van der Waals surface area contributed by atoms with Gasteiger partial charge in [0.25, 0.3) is 5.91 Å². The summed E-state index contributed by atoms with van der Waals surface area (Å²) in [6.45, 7) is 2.32. The van der Waals surface area contributed by atoms with E-state index in [2.05, 4.69) is 30.0 Å². The van der Waals surface area contributed by atoms with Gasteiger partial charge >= 0.3 is 11.4 Å². The van der Waals surface area contributed by atoms with Crippen LogP contribution in [0, 0.1) is 6.92 Å². The number of carbonyl (C=O) groups excluding carboxylic acids is 1. The fraction of sp³-hybridized carbons (Fsp3) is 0.115. The molecule has 184 valence electrons. The van der Waals surface area contributed by atoms with E-state index < -0.39 is 11.4 Å². The number of pyridine rings is 2. The summed E-state index contributed by atoms with van der Waals surface area (Å²) in [6.07, 6.45) is 6.79. The summed E-state index contributed by atoms with van der Waals surface area (Å²) in [4.78, 5) is 32.5. The van der Waals surface area contributed by atoms with E-state index in [1.54, 1.807) is 60.5 Å². The summed E-state index contributed by atoms with van der Waals surface area (Å²) < 4.78 is 20.5. The smallest absolute Gasteiger partial charge is 0.303 e. The largest absolute Gasteiger partial charge is 0.479 e. The zero-order chi connectivity index (χ0) is 25.5. The summed E-state index contributed by atoms with van der Waals surface area (Å²) in [5, 5.41) is 2.94. The third-order valence-corrected chi connectivity index (χ3v) is 8.51. The van der Waals surface area contributed by atoms with E-state index in [-0.39, 0.29) is 5.91 Å². The Hall–Kier alpha value is -4.06. The topological polar surface area (TPSA) is 122 Å². The van der Waals surface area contributed by atoms with Crippen LogP contribution in [0.2, 0.25) is 0 Å². The van der Waals surface area contributed by atoms with Crippen molar-refractivity contribution in [3.8, 4) is 27.6 Å². The number of carbonyl (C=O) groups is 1. The van der Waals surface area contributed by atoms with Crippen LogP contribution in [0.15, 0.2) is 66.2 Å². The van der Waals surface area contributed by atoms with Gasteiger partial charge in [0.15, 0.2) is 0 Å². The number of aryl methyl sites for hydroxylation is 1. The van der Waals surface area contributed by atoms with Crippen molar-refractivity contribution in [1.82, 2.24) is 25.3 Å². The molecule has 0 saturated carbocycles. The zero-order valence-electron chi connectivity index (χ0n) is 19.8. The molecule has 1 unspecified atom stereocenters. The first-order chi connectivity index (χ1) is 18.0. The van der Waals surface area contributed by atoms with Gasteiger partial charge in [0.1, 0.15) is 12.0 Å². The van der Waals surface area contributed by atoms with Crippen molar-refractivity contribution in [3.63, 3.8) is 0 Å². The molecule has 37 heavy (non-hydrogen) atoms. The monoisotopic (exact) mass is 529 g/mol. The van der Waals surface area contributed by atoms with Gasteiger partial charge in [-0.05, 0) is 42.3 Å². The summed E-state index contributed by atoms with van der Waals surface area (Å²) in [5.74, 6) is 0.0929. The molecule has 1 amide bonds. The molecule has 5 heterocycles. The van der Waals surface area contributed by atoms with Crippen molar-refractivity contribution in [2.45, 2.75) is 18.4 Å². The van der Waals surface area contributed by atoms with Gasteiger partial charge in [-0.2, -0.15) is 9.27 Å². The van der Waals surface area contributed by atoms with E-state index in [1.807, 2.05) is 19.1 Å². The van der Waals surface area contributed by atoms with Crippen molar-refractivity contribution < 1.29 is 14.1 Å². The Morgan fingerprint density at radius 1 is 1.05 bits per heavy atom. The molecule has 5 aromatic rings. The van der Waals surface area contributed by atoms with Gasteiger partial charge in [0, 0.05) is 52.8 Å². The fourth-order valence-electron chi connectivity index (χ4n) is 4.24. The molecule has 6 rings (SSSR count). The number of fused-ring (bicyclic) bond motifs is 9. The van der Waals surface area contributed by atoms with E-state index in [1.165, 1.54) is 7.11 Å². The van der Waals surface area contributed by atoms with Gasteiger partial charge in [0.05, 0.1) is 23.0 Å². The van der Waals surface area contributed by atoms with Crippen LogP contribution < -0.4 is 14.8 Å². The van der Waals surface area contributed by atoms with Gasteiger partial charge in [0.2, 0.25) is 10.8 Å². The van der Waals surface area contributed by atoms with Crippen molar-refractivity contribution >= 4 is 44.5 Å². The second-order valence-electron chi connectivity index (χ2n) is 8.42. The molecule has 0 radical (unpaired) electrons. The third-order valence-electron chi connectivity index (χ3n) is 6.06. The standard InChI is InChI=1S/C26H20N6O3S2/c1-14-21-24-22(31-13-30-21)17-6-15(9-27-11-17)10-28-25(33)16-4-3-5-19(7-16)37(34)32-20-8-18(23(14)36-24)12-29-26(20)35-2/h3-9,11-13,32,34H,10H2,1-2H3/p+1. The number of rotatable bonds is 1. The Labute approximate surface area is 219 Å². The molecule has 9 nitrogen and oxygen atoms in total. The molecule has 0 fully saturated rings. The Bertz CT molecular complexity index is 1670. The van der Waals surface area contributed by atoms with E-state index in [0.717, 1.165) is 43.0 Å². The van der Waals surface area contributed by atoms with Crippen molar-refractivity contribution in [3.05, 3.63) is 78.0 Å². The second kappa shape index (κ2) is 9.43. The lowest BCUT2D eigenvalue weighted by Gasteiger charge is -2.10. The predicted molar refractivity (Wildman–Crippen MR) is 145 cm³/mol. The van der Waals surface area contributed by atoms with Crippen LogP contribution >= 0.6 is 11.3 Å². The minimum absolute atomic E-state index is 0.255. The number of hydrogen-bond acceptors (Lipinski definition) is 9. The maximum atomic E-state index is 12.9. The molecule has 1 aliphatic heterocycles. The molecule has 1 atom stereocenters. The summed E-state index contributed by atoms with van der Waals surface area (Å²) in [5.41, 5.74) is 6.14. The maximum Gasteiger partial charge on any atom is 0.303 e. The molecule has 8 bridgehead atoms. The molecule has 0 aliphatic carbocycles.